The van der Waals surface area contributed by atoms with Crippen LogP contribution in [0, 0.1) is 0 Å². The maximum atomic E-state index is 12.9. The van der Waals surface area contributed by atoms with Crippen molar-refractivity contribution in [1.82, 2.24) is 4.90 Å². The Morgan fingerprint density at radius 1 is 0.968 bits per heavy atom. The largest absolute Gasteiger partial charge is 0.368 e. The van der Waals surface area contributed by atoms with Gasteiger partial charge in [-0.3, -0.25) is 9.59 Å². The van der Waals surface area contributed by atoms with E-state index in [9.17, 15) is 9.59 Å². The minimum absolute atomic E-state index is 0.123. The first-order chi connectivity index (χ1) is 15.0. The van der Waals surface area contributed by atoms with Gasteiger partial charge in [-0.1, -0.05) is 35.9 Å². The van der Waals surface area contributed by atoms with Crippen molar-refractivity contribution in [2.45, 2.75) is 45.1 Å². The van der Waals surface area contributed by atoms with Crippen LogP contribution in [0.15, 0.2) is 48.5 Å². The first-order valence-corrected chi connectivity index (χ1v) is 11.6. The van der Waals surface area contributed by atoms with Crippen LogP contribution in [0.2, 0.25) is 5.02 Å². The summed E-state index contributed by atoms with van der Waals surface area (Å²) in [5.74, 6) is 0.267. The highest BCUT2D eigenvalue weighted by Gasteiger charge is 2.28. The van der Waals surface area contributed by atoms with Gasteiger partial charge in [0.1, 0.15) is 0 Å². The lowest BCUT2D eigenvalue weighted by Crippen LogP contribution is -2.48. The van der Waals surface area contributed by atoms with E-state index in [1.54, 1.807) is 0 Å². The van der Waals surface area contributed by atoms with Crippen LogP contribution in [0.1, 0.15) is 38.2 Å². The number of hydrogen-bond acceptors (Lipinski definition) is 3. The van der Waals surface area contributed by atoms with Crippen LogP contribution in [0.5, 0.6) is 0 Å². The molecular weight excluding hydrogens is 410 g/mol. The van der Waals surface area contributed by atoms with Gasteiger partial charge in [0.25, 0.3) is 0 Å². The van der Waals surface area contributed by atoms with E-state index in [1.807, 2.05) is 46.2 Å². The zero-order valence-corrected chi connectivity index (χ0v) is 18.9. The third-order valence-electron chi connectivity index (χ3n) is 6.38. The molecule has 2 aliphatic heterocycles. The van der Waals surface area contributed by atoms with Gasteiger partial charge in [0.15, 0.2) is 0 Å². The second kappa shape index (κ2) is 9.73. The second-order valence-electron chi connectivity index (χ2n) is 8.48. The normalized spacial score (nSPS) is 18.6. The van der Waals surface area contributed by atoms with Crippen molar-refractivity contribution in [1.29, 1.82) is 0 Å². The quantitative estimate of drug-likeness (QED) is 0.687. The highest BCUT2D eigenvalue weighted by Crippen LogP contribution is 2.31. The van der Waals surface area contributed by atoms with Gasteiger partial charge in [-0.2, -0.15) is 0 Å². The van der Waals surface area contributed by atoms with Crippen molar-refractivity contribution in [2.24, 2.45) is 0 Å². The van der Waals surface area contributed by atoms with Crippen molar-refractivity contribution in [2.75, 3.05) is 36.0 Å². The lowest BCUT2D eigenvalue weighted by molar-refractivity contribution is -0.131. The maximum absolute atomic E-state index is 12.9. The molecule has 0 N–H and O–H groups in total. The zero-order valence-electron chi connectivity index (χ0n) is 18.1. The van der Waals surface area contributed by atoms with Gasteiger partial charge >= 0.3 is 0 Å². The number of benzene rings is 2. The van der Waals surface area contributed by atoms with Gasteiger partial charge in [-0.05, 0) is 56.0 Å². The van der Waals surface area contributed by atoms with Gasteiger partial charge in [-0.25, -0.2) is 0 Å². The molecule has 2 heterocycles. The molecule has 164 valence electrons. The average molecular weight is 440 g/mol. The lowest BCUT2D eigenvalue weighted by atomic mass is 9.96. The molecule has 1 atom stereocenters. The molecule has 0 bridgehead atoms. The molecule has 0 spiro atoms. The van der Waals surface area contributed by atoms with E-state index in [0.29, 0.717) is 32.4 Å². The Balaban J connectivity index is 1.25. The second-order valence-corrected chi connectivity index (χ2v) is 8.92. The summed E-state index contributed by atoms with van der Waals surface area (Å²) in [6, 6.07) is 16.2. The minimum Gasteiger partial charge on any atom is -0.368 e. The van der Waals surface area contributed by atoms with Crippen LogP contribution in [0.3, 0.4) is 0 Å². The number of halogens is 1. The predicted molar refractivity (Wildman–Crippen MR) is 126 cm³/mol. The molecule has 2 aromatic carbocycles. The van der Waals surface area contributed by atoms with Crippen LogP contribution < -0.4 is 9.80 Å². The molecule has 0 aromatic heterocycles. The van der Waals surface area contributed by atoms with E-state index in [0.717, 1.165) is 42.3 Å². The van der Waals surface area contributed by atoms with Crippen LogP contribution in [-0.2, 0) is 16.0 Å². The Morgan fingerprint density at radius 3 is 2.48 bits per heavy atom. The molecule has 0 aliphatic carbocycles. The Kier molecular flexibility index (Phi) is 6.81. The molecule has 1 saturated heterocycles. The van der Waals surface area contributed by atoms with Gasteiger partial charge in [0, 0.05) is 61.5 Å². The molecule has 2 aromatic rings. The van der Waals surface area contributed by atoms with E-state index in [2.05, 4.69) is 24.0 Å². The predicted octanol–water partition coefficient (Wildman–Crippen LogP) is 4.53. The van der Waals surface area contributed by atoms with Crippen molar-refractivity contribution >= 4 is 34.8 Å². The summed E-state index contributed by atoms with van der Waals surface area (Å²) in [4.78, 5) is 31.7. The van der Waals surface area contributed by atoms with E-state index in [4.69, 9.17) is 11.6 Å². The van der Waals surface area contributed by atoms with Crippen LogP contribution in [0.25, 0.3) is 0 Å². The molecule has 0 radical (unpaired) electrons. The number of para-hydroxylation sites is 1. The molecule has 6 heteroatoms. The van der Waals surface area contributed by atoms with Crippen LogP contribution in [0.4, 0.5) is 11.4 Å². The smallest absolute Gasteiger partial charge is 0.227 e. The maximum Gasteiger partial charge on any atom is 0.227 e. The molecule has 2 aliphatic rings. The van der Waals surface area contributed by atoms with E-state index in [-0.39, 0.29) is 17.9 Å². The number of hydrogen-bond donors (Lipinski definition) is 0. The standard InChI is InChI=1S/C25H30ClN3O2/c1-19-12-13-20-6-2-3-9-23(20)29(19)25(31)11-5-10-24(30)28-16-14-27(15-17-28)22-8-4-7-21(26)18-22/h2-4,6-9,18-19H,5,10-17H2,1H3. The highest BCUT2D eigenvalue weighted by molar-refractivity contribution is 6.30. The topological polar surface area (TPSA) is 43.9 Å². The number of amides is 2. The number of piperazine rings is 1. The summed E-state index contributed by atoms with van der Waals surface area (Å²) in [5, 5.41) is 0.728. The summed E-state index contributed by atoms with van der Waals surface area (Å²) in [7, 11) is 0. The summed E-state index contributed by atoms with van der Waals surface area (Å²) in [6.07, 6.45) is 3.43. The first kappa shape index (κ1) is 21.7. The summed E-state index contributed by atoms with van der Waals surface area (Å²) in [5.41, 5.74) is 3.37. The average Bonchev–Trinajstić information content (AvgIpc) is 2.79. The van der Waals surface area contributed by atoms with E-state index in [1.165, 1.54) is 5.56 Å². The lowest BCUT2D eigenvalue weighted by Gasteiger charge is -2.36. The Morgan fingerprint density at radius 2 is 1.71 bits per heavy atom. The Labute approximate surface area is 189 Å². The first-order valence-electron chi connectivity index (χ1n) is 11.2. The third kappa shape index (κ3) is 5.04. The number of fused-ring (bicyclic) bond motifs is 1. The van der Waals surface area contributed by atoms with Gasteiger partial charge in [0.05, 0.1) is 0 Å². The number of nitrogens with zero attached hydrogens (tertiary/aromatic N) is 3. The SMILES string of the molecule is CC1CCc2ccccc2N1C(=O)CCCC(=O)N1CCN(c2cccc(Cl)c2)CC1. The molecule has 31 heavy (non-hydrogen) atoms. The van der Waals surface area contributed by atoms with Crippen molar-refractivity contribution in [3.63, 3.8) is 0 Å². The molecule has 1 fully saturated rings. The van der Waals surface area contributed by atoms with Crippen LogP contribution >= 0.6 is 11.6 Å². The number of aryl methyl sites for hydroxylation is 1. The van der Waals surface area contributed by atoms with Gasteiger partial charge in [-0.15, -0.1) is 0 Å². The Bertz CT molecular complexity index is 940. The fraction of sp³-hybridized carbons (Fsp3) is 0.440. The molecule has 2 amide bonds. The van der Waals surface area contributed by atoms with Crippen molar-refractivity contribution in [3.8, 4) is 0 Å². The number of anilines is 2. The molecular formula is C25H30ClN3O2. The van der Waals surface area contributed by atoms with Crippen LogP contribution in [-0.4, -0.2) is 48.9 Å². The number of rotatable bonds is 5. The third-order valence-corrected chi connectivity index (χ3v) is 6.61. The fourth-order valence-electron chi connectivity index (χ4n) is 4.62. The van der Waals surface area contributed by atoms with E-state index >= 15 is 0 Å². The van der Waals surface area contributed by atoms with Gasteiger partial charge < -0.3 is 14.7 Å². The molecule has 0 saturated carbocycles. The highest BCUT2D eigenvalue weighted by atomic mass is 35.5. The van der Waals surface area contributed by atoms with Crippen molar-refractivity contribution < 1.29 is 9.59 Å². The van der Waals surface area contributed by atoms with Gasteiger partial charge in [0.2, 0.25) is 11.8 Å². The summed E-state index contributed by atoms with van der Waals surface area (Å²) in [6.45, 7) is 5.12. The monoisotopic (exact) mass is 439 g/mol. The summed E-state index contributed by atoms with van der Waals surface area (Å²) >= 11 is 6.10. The minimum atomic E-state index is 0.123. The molecule has 5 nitrogen and oxygen atoms in total. The zero-order chi connectivity index (χ0) is 21.8. The molecule has 4 rings (SSSR count). The number of carbonyl (C=O) groups excluding carboxylic acids is 2. The van der Waals surface area contributed by atoms with Crippen molar-refractivity contribution in [3.05, 3.63) is 59.1 Å². The molecule has 1 unspecified atom stereocenters. The number of carbonyl (C=O) groups is 2. The summed E-state index contributed by atoms with van der Waals surface area (Å²) < 4.78 is 0. The van der Waals surface area contributed by atoms with E-state index < -0.39 is 0 Å². The fourth-order valence-corrected chi connectivity index (χ4v) is 4.81. The Hall–Kier alpha value is -2.53.